The molecule has 0 bridgehead atoms. The van der Waals surface area contributed by atoms with Crippen molar-refractivity contribution in [3.8, 4) is 0 Å². The number of aromatic nitrogens is 2. The van der Waals surface area contributed by atoms with E-state index in [1.807, 2.05) is 37.3 Å². The molecule has 0 saturated carbocycles. The van der Waals surface area contributed by atoms with Crippen LogP contribution < -0.4 is 4.90 Å². The lowest BCUT2D eigenvalue weighted by atomic mass is 10.2. The highest BCUT2D eigenvalue weighted by molar-refractivity contribution is 7.70. The van der Waals surface area contributed by atoms with Crippen LogP contribution in [0.2, 0.25) is 5.02 Å². The van der Waals surface area contributed by atoms with E-state index in [1.54, 1.807) is 36.7 Å². The van der Waals surface area contributed by atoms with Crippen LogP contribution in [0.5, 0.6) is 0 Å². The number of halogens is 1. The molecule has 0 atom stereocenters. The van der Waals surface area contributed by atoms with Gasteiger partial charge in [0.1, 0.15) is 18.1 Å². The number of rotatable bonds is 11. The zero-order valence-electron chi connectivity index (χ0n) is 21.1. The molecule has 37 heavy (non-hydrogen) atoms. The molecule has 0 aliphatic rings. The summed E-state index contributed by atoms with van der Waals surface area (Å²) in [4.78, 5) is 30.9. The van der Waals surface area contributed by atoms with Crippen molar-refractivity contribution in [1.82, 2.24) is 13.9 Å². The van der Waals surface area contributed by atoms with E-state index in [1.165, 1.54) is 11.1 Å². The fourth-order valence-electron chi connectivity index (χ4n) is 3.65. The molecule has 0 fully saturated rings. The summed E-state index contributed by atoms with van der Waals surface area (Å²) in [5.74, 6) is -0.106. The molecule has 9 nitrogen and oxygen atoms in total. The van der Waals surface area contributed by atoms with Gasteiger partial charge in [-0.1, -0.05) is 67.8 Å². The third kappa shape index (κ3) is 7.56. The van der Waals surface area contributed by atoms with Gasteiger partial charge < -0.3 is 9.30 Å². The van der Waals surface area contributed by atoms with Crippen LogP contribution in [0.3, 0.4) is 0 Å². The maximum Gasteiger partial charge on any atom is 0.414 e. The van der Waals surface area contributed by atoms with E-state index < -0.39 is 22.9 Å². The summed E-state index contributed by atoms with van der Waals surface area (Å²) < 4.78 is 31.2. The van der Waals surface area contributed by atoms with Gasteiger partial charge >= 0.3 is 6.09 Å². The highest BCUT2D eigenvalue weighted by Crippen LogP contribution is 2.25. The number of nitrogens with zero attached hydrogens (tertiary/aromatic N) is 4. The molecule has 0 saturated heterocycles. The van der Waals surface area contributed by atoms with Crippen molar-refractivity contribution in [2.24, 2.45) is 0 Å². The monoisotopic (exact) mass is 546 g/mol. The van der Waals surface area contributed by atoms with Crippen LogP contribution >= 0.6 is 11.6 Å². The van der Waals surface area contributed by atoms with E-state index in [4.69, 9.17) is 16.3 Å². The summed E-state index contributed by atoms with van der Waals surface area (Å²) in [5, 5.41) is 0.421. The summed E-state index contributed by atoms with van der Waals surface area (Å²) in [6.45, 7) is 4.34. The first-order valence-electron chi connectivity index (χ1n) is 11.9. The Labute approximate surface area is 223 Å². The second-order valence-corrected chi connectivity index (χ2v) is 9.92. The summed E-state index contributed by atoms with van der Waals surface area (Å²) in [7, 11) is -1.46. The highest BCUT2D eigenvalue weighted by Gasteiger charge is 2.22. The fraction of sp³-hybridized carbons (Fsp3) is 0.346. The zero-order chi connectivity index (χ0) is 26.9. The number of benzene rings is 2. The molecule has 3 aromatic rings. The van der Waals surface area contributed by atoms with E-state index in [2.05, 4.69) is 4.98 Å². The van der Waals surface area contributed by atoms with Crippen molar-refractivity contribution in [2.75, 3.05) is 18.5 Å². The Hall–Kier alpha value is -3.37. The number of hydrogen-bond acceptors (Lipinski definition) is 6. The van der Waals surface area contributed by atoms with E-state index in [9.17, 15) is 18.0 Å². The minimum Gasteiger partial charge on any atom is -0.444 e. The Kier molecular flexibility index (Phi) is 10.1. The number of unbranched alkanes of at least 4 members (excludes halogenated alkanes) is 2. The molecule has 0 N–H and O–H groups in total. The Morgan fingerprint density at radius 2 is 1.84 bits per heavy atom. The number of aryl methyl sites for hydroxylation is 1. The van der Waals surface area contributed by atoms with E-state index in [-0.39, 0.29) is 18.8 Å². The largest absolute Gasteiger partial charge is 0.444 e. The number of thiol groups is 1. The average Bonchev–Trinajstić information content (AvgIpc) is 3.26. The van der Waals surface area contributed by atoms with Crippen molar-refractivity contribution < 1.29 is 22.7 Å². The van der Waals surface area contributed by atoms with E-state index in [0.29, 0.717) is 29.5 Å². The summed E-state index contributed by atoms with van der Waals surface area (Å²) >= 11 is 6.52. The predicted octanol–water partition coefficient (Wildman–Crippen LogP) is 4.83. The zero-order valence-corrected chi connectivity index (χ0v) is 22.7. The van der Waals surface area contributed by atoms with Crippen LogP contribution in [0.1, 0.15) is 53.6 Å². The van der Waals surface area contributed by atoms with Gasteiger partial charge in [0.15, 0.2) is 0 Å². The molecule has 0 aliphatic heterocycles. The topological polar surface area (TPSA) is 102 Å². The lowest BCUT2D eigenvalue weighted by Crippen LogP contribution is -2.30. The van der Waals surface area contributed by atoms with Crippen molar-refractivity contribution in [2.45, 2.75) is 46.3 Å². The number of anilines is 1. The first-order valence-corrected chi connectivity index (χ1v) is 13.4. The molecule has 2 amide bonds. The van der Waals surface area contributed by atoms with Crippen LogP contribution in [0.15, 0.2) is 54.7 Å². The van der Waals surface area contributed by atoms with Crippen LogP contribution in [0, 0.1) is 6.92 Å². The maximum atomic E-state index is 12.8. The van der Waals surface area contributed by atoms with Gasteiger partial charge in [0, 0.05) is 30.5 Å². The third-order valence-corrected chi connectivity index (χ3v) is 6.97. The number of amides is 2. The number of hydrogen-bond donors (Lipinski definition) is 1. The number of imidazole rings is 1. The van der Waals surface area contributed by atoms with Gasteiger partial charge in [0.25, 0.3) is 5.91 Å². The molecule has 0 unspecified atom stereocenters. The predicted molar refractivity (Wildman–Crippen MR) is 143 cm³/mol. The summed E-state index contributed by atoms with van der Waals surface area (Å²) in [6, 6.07) is 14.6. The van der Waals surface area contributed by atoms with E-state index >= 15 is 0 Å². The van der Waals surface area contributed by atoms with Crippen LogP contribution in [0.25, 0.3) is 0 Å². The SMILES string of the molecule is CCCCCN(C(=O)c1cn(Cc2ccc(N(C)C(=O)OCc3ccccc3)cc2Cl)c(C)n1)[SH](=O)=O. The van der Waals surface area contributed by atoms with Gasteiger partial charge in [0.05, 0.1) is 6.54 Å². The molecule has 3 rings (SSSR count). The van der Waals surface area contributed by atoms with Gasteiger partial charge in [-0.15, -0.1) is 0 Å². The molecule has 0 aliphatic carbocycles. The fourth-order valence-corrected chi connectivity index (χ4v) is 4.44. The summed E-state index contributed by atoms with van der Waals surface area (Å²) in [6.07, 6.45) is 3.36. The van der Waals surface area contributed by atoms with Gasteiger partial charge in [0.2, 0.25) is 10.9 Å². The highest BCUT2D eigenvalue weighted by atomic mass is 35.5. The minimum atomic E-state index is -3.06. The lowest BCUT2D eigenvalue weighted by Gasteiger charge is -2.18. The van der Waals surface area contributed by atoms with Crippen molar-refractivity contribution in [1.29, 1.82) is 0 Å². The van der Waals surface area contributed by atoms with Gasteiger partial charge in [-0.05, 0) is 36.6 Å². The van der Waals surface area contributed by atoms with Gasteiger partial charge in [-0.3, -0.25) is 9.69 Å². The molecular weight excluding hydrogens is 516 g/mol. The molecule has 198 valence electrons. The number of ether oxygens (including phenoxy) is 1. The lowest BCUT2D eigenvalue weighted by molar-refractivity contribution is 0.0858. The Bertz CT molecular complexity index is 1300. The normalized spacial score (nSPS) is 10.9. The quantitative estimate of drug-likeness (QED) is 0.273. The van der Waals surface area contributed by atoms with E-state index in [0.717, 1.165) is 28.3 Å². The van der Waals surface area contributed by atoms with Gasteiger partial charge in [-0.25, -0.2) is 22.5 Å². The number of carbonyl (C=O) groups excluding carboxylic acids is 2. The standard InChI is InChI=1S/C26H31ClN4O5S/c1-4-5-9-14-31(37(34)35)25(32)24-17-30(19(2)28-24)16-21-12-13-22(15-23(21)27)29(3)26(33)36-18-20-10-7-6-8-11-20/h6-8,10-13,15,17,37H,4-5,9,14,16,18H2,1-3H3. The molecule has 0 spiro atoms. The molecule has 11 heteroatoms. The molecule has 1 aromatic heterocycles. The smallest absolute Gasteiger partial charge is 0.414 e. The van der Waals surface area contributed by atoms with Crippen LogP contribution in [0.4, 0.5) is 10.5 Å². The Balaban J connectivity index is 1.68. The van der Waals surface area contributed by atoms with Crippen LogP contribution in [-0.4, -0.2) is 47.9 Å². The van der Waals surface area contributed by atoms with Crippen molar-refractivity contribution in [3.63, 3.8) is 0 Å². The Morgan fingerprint density at radius 1 is 1.11 bits per heavy atom. The molecule has 0 radical (unpaired) electrons. The second-order valence-electron chi connectivity index (χ2n) is 8.55. The first-order chi connectivity index (χ1) is 17.7. The van der Waals surface area contributed by atoms with Crippen molar-refractivity contribution >= 4 is 40.2 Å². The minimum absolute atomic E-state index is 0.0573. The van der Waals surface area contributed by atoms with Gasteiger partial charge in [-0.2, -0.15) is 0 Å². The Morgan fingerprint density at radius 3 is 2.49 bits per heavy atom. The van der Waals surface area contributed by atoms with Crippen LogP contribution in [-0.2, 0) is 28.8 Å². The maximum absolute atomic E-state index is 12.8. The third-order valence-electron chi connectivity index (χ3n) is 5.84. The molecule has 2 aromatic carbocycles. The summed E-state index contributed by atoms with van der Waals surface area (Å²) in [5.41, 5.74) is 2.25. The number of carbonyl (C=O) groups is 2. The molecular formula is C26H31ClN4O5S. The second kappa shape index (κ2) is 13.3. The average molecular weight is 547 g/mol. The first kappa shape index (κ1) is 28.2. The van der Waals surface area contributed by atoms with Crippen molar-refractivity contribution in [3.05, 3.63) is 82.4 Å². The molecule has 1 heterocycles.